The fourth-order valence-electron chi connectivity index (χ4n) is 0.469. The Labute approximate surface area is 76.2 Å². The van der Waals surface area contributed by atoms with Crippen LogP contribution >= 0.6 is 23.2 Å². The van der Waals surface area contributed by atoms with Crippen molar-refractivity contribution in [2.45, 2.75) is 6.40 Å². The van der Waals surface area contributed by atoms with E-state index in [0.29, 0.717) is 0 Å². The van der Waals surface area contributed by atoms with Gasteiger partial charge in [0.05, 0.1) is 2.74 Å². The maximum Gasteiger partial charge on any atom is 0.280 e. The fraction of sp³-hybridized carbons (Fsp3) is 0.167. The molecule has 1 aromatic rings. The summed E-state index contributed by atoms with van der Waals surface area (Å²) in [5, 5.41) is -1.08. The Balaban J connectivity index is 3.49. The Morgan fingerprint density at radius 1 is 1.55 bits per heavy atom. The van der Waals surface area contributed by atoms with Crippen LogP contribution in [0.3, 0.4) is 0 Å². The summed E-state index contributed by atoms with van der Waals surface area (Å²) in [7, 11) is 0. The lowest BCUT2D eigenvalue weighted by atomic mass is 10.4. The van der Waals surface area contributed by atoms with E-state index in [4.69, 9.17) is 27.3 Å². The van der Waals surface area contributed by atoms with Gasteiger partial charge in [0, 0.05) is 5.02 Å². The summed E-state index contributed by atoms with van der Waals surface area (Å²) in [6.45, 7) is 0. The molecule has 0 fully saturated rings. The molecular formula is C6H3Cl2F2N. The van der Waals surface area contributed by atoms with Gasteiger partial charge in [-0.1, -0.05) is 23.2 Å². The zero-order valence-electron chi connectivity index (χ0n) is 7.96. The van der Waals surface area contributed by atoms with Crippen molar-refractivity contribution in [3.05, 3.63) is 28.0 Å². The summed E-state index contributed by atoms with van der Waals surface area (Å²) in [6.07, 6.45) is -4.04. The van der Waals surface area contributed by atoms with E-state index < -0.39 is 34.4 Å². The lowest BCUT2D eigenvalue weighted by Gasteiger charge is -1.98. The molecule has 0 aliphatic heterocycles. The van der Waals surface area contributed by atoms with Crippen molar-refractivity contribution in [1.82, 2.24) is 4.98 Å². The largest absolute Gasteiger partial charge is 0.280 e. The molecule has 0 atom stereocenters. The molecule has 1 rings (SSSR count). The van der Waals surface area contributed by atoms with E-state index in [-0.39, 0.29) is 0 Å². The minimum atomic E-state index is -4.04. The molecule has 60 valence electrons. The zero-order chi connectivity index (χ0) is 11.1. The highest BCUT2D eigenvalue weighted by Gasteiger charge is 2.09. The highest BCUT2D eigenvalue weighted by atomic mass is 35.5. The molecule has 0 N–H and O–H groups in total. The quantitative estimate of drug-likeness (QED) is 0.635. The zero-order valence-corrected chi connectivity index (χ0v) is 6.47. The number of nitrogens with zero attached hydrogens (tertiary/aromatic N) is 1. The van der Waals surface area contributed by atoms with Crippen molar-refractivity contribution in [2.24, 2.45) is 0 Å². The summed E-state index contributed by atoms with van der Waals surface area (Å²) < 4.78 is 45.7. The maximum absolute atomic E-state index is 12.5. The van der Waals surface area contributed by atoms with E-state index in [2.05, 4.69) is 4.98 Å². The lowest BCUT2D eigenvalue weighted by molar-refractivity contribution is 0.146. The standard InChI is InChI=1S/C6H3Cl2F2N/c7-3-1-4(6(9)10)11-5(8)2-3/h1-2,6H/i1D,2D,6D. The minimum Gasteiger partial charge on any atom is -0.235 e. The summed E-state index contributed by atoms with van der Waals surface area (Å²) >= 11 is 10.7. The molecule has 0 radical (unpaired) electrons. The number of pyridine rings is 1. The maximum atomic E-state index is 12.5. The lowest BCUT2D eigenvalue weighted by Crippen LogP contribution is -1.89. The van der Waals surface area contributed by atoms with Crippen molar-refractivity contribution in [2.75, 3.05) is 0 Å². The van der Waals surface area contributed by atoms with E-state index in [1.807, 2.05) is 0 Å². The van der Waals surface area contributed by atoms with Crippen molar-refractivity contribution in [3.8, 4) is 0 Å². The van der Waals surface area contributed by atoms with E-state index >= 15 is 0 Å². The second kappa shape index (κ2) is 3.32. The number of hydrogen-bond acceptors (Lipinski definition) is 1. The van der Waals surface area contributed by atoms with Gasteiger partial charge in [-0.3, -0.25) is 0 Å². The van der Waals surface area contributed by atoms with Gasteiger partial charge in [0.1, 0.15) is 12.2 Å². The van der Waals surface area contributed by atoms with Crippen LogP contribution in [0.4, 0.5) is 8.78 Å². The van der Waals surface area contributed by atoms with Crippen LogP contribution in [-0.4, -0.2) is 4.98 Å². The normalized spacial score (nSPS) is 15.5. The van der Waals surface area contributed by atoms with E-state index in [1.54, 1.807) is 0 Å². The molecule has 1 aromatic heterocycles. The van der Waals surface area contributed by atoms with Crippen molar-refractivity contribution >= 4 is 23.2 Å². The Morgan fingerprint density at radius 2 is 2.18 bits per heavy atom. The van der Waals surface area contributed by atoms with E-state index in [0.717, 1.165) is 0 Å². The van der Waals surface area contributed by atoms with Gasteiger partial charge in [-0.15, -0.1) is 0 Å². The van der Waals surface area contributed by atoms with Crippen molar-refractivity contribution in [3.63, 3.8) is 0 Å². The third-order valence-electron chi connectivity index (χ3n) is 0.830. The average molecular weight is 201 g/mol. The third kappa shape index (κ3) is 2.27. The Kier molecular flexibility index (Phi) is 1.59. The Bertz CT molecular complexity index is 380. The van der Waals surface area contributed by atoms with Crippen molar-refractivity contribution in [1.29, 1.82) is 0 Å². The van der Waals surface area contributed by atoms with Gasteiger partial charge in [0.15, 0.2) is 0 Å². The molecule has 0 aromatic carbocycles. The van der Waals surface area contributed by atoms with Crippen LogP contribution in [0.1, 0.15) is 16.2 Å². The molecule has 0 bridgehead atoms. The molecule has 11 heavy (non-hydrogen) atoms. The van der Waals surface area contributed by atoms with Gasteiger partial charge in [0.25, 0.3) is 6.40 Å². The molecule has 0 aliphatic rings. The van der Waals surface area contributed by atoms with E-state index in [1.165, 1.54) is 0 Å². The van der Waals surface area contributed by atoms with Crippen molar-refractivity contribution < 1.29 is 12.9 Å². The molecule has 1 heterocycles. The molecule has 0 unspecified atom stereocenters. The second-order valence-corrected chi connectivity index (χ2v) is 2.31. The van der Waals surface area contributed by atoms with Gasteiger partial charge in [0.2, 0.25) is 0 Å². The summed E-state index contributed by atoms with van der Waals surface area (Å²) in [6, 6.07) is -1.34. The highest BCUT2D eigenvalue weighted by Crippen LogP contribution is 2.22. The van der Waals surface area contributed by atoms with Crippen LogP contribution in [-0.2, 0) is 0 Å². The molecular weight excluding hydrogens is 195 g/mol. The predicted molar refractivity (Wildman–Crippen MR) is 39.2 cm³/mol. The highest BCUT2D eigenvalue weighted by molar-refractivity contribution is 6.33. The first-order chi connectivity index (χ1) is 6.25. The topological polar surface area (TPSA) is 12.9 Å². The predicted octanol–water partition coefficient (Wildman–Crippen LogP) is 3.33. The number of aromatic nitrogens is 1. The number of alkyl halides is 2. The number of halogens is 4. The third-order valence-corrected chi connectivity index (χ3v) is 1.20. The van der Waals surface area contributed by atoms with Gasteiger partial charge >= 0.3 is 0 Å². The summed E-state index contributed by atoms with van der Waals surface area (Å²) in [5.74, 6) is 0. The molecule has 0 spiro atoms. The molecule has 0 saturated carbocycles. The minimum absolute atomic E-state index is 0.494. The van der Waals surface area contributed by atoms with Crippen LogP contribution in [0, 0.1) is 0 Å². The number of rotatable bonds is 1. The molecule has 0 amide bonds. The first-order valence-electron chi connectivity index (χ1n) is 3.95. The van der Waals surface area contributed by atoms with Crippen LogP contribution in [0.5, 0.6) is 0 Å². The fourth-order valence-corrected chi connectivity index (χ4v) is 0.876. The van der Waals surface area contributed by atoms with Gasteiger partial charge in [-0.2, -0.15) is 0 Å². The monoisotopic (exact) mass is 200 g/mol. The average Bonchev–Trinajstić information content (AvgIpc) is 2.06. The van der Waals surface area contributed by atoms with Crippen LogP contribution < -0.4 is 0 Å². The Morgan fingerprint density at radius 3 is 2.73 bits per heavy atom. The molecule has 5 heteroatoms. The van der Waals surface area contributed by atoms with Crippen LogP contribution in [0.25, 0.3) is 0 Å². The smallest absolute Gasteiger partial charge is 0.235 e. The van der Waals surface area contributed by atoms with E-state index in [9.17, 15) is 8.78 Å². The number of hydrogen-bond donors (Lipinski definition) is 0. The molecule has 1 nitrogen and oxygen atoms in total. The second-order valence-electron chi connectivity index (χ2n) is 1.58. The van der Waals surface area contributed by atoms with Crippen LogP contribution in [0.15, 0.2) is 12.1 Å². The first-order valence-corrected chi connectivity index (χ1v) is 3.21. The molecule has 0 saturated heterocycles. The first kappa shape index (κ1) is 5.27. The molecule has 0 aliphatic carbocycles. The summed E-state index contributed by atoms with van der Waals surface area (Å²) in [4.78, 5) is 3.07. The summed E-state index contributed by atoms with van der Waals surface area (Å²) in [5.41, 5.74) is -1.15. The van der Waals surface area contributed by atoms with Crippen LogP contribution in [0.2, 0.25) is 10.2 Å². The Hall–Kier alpha value is -0.410. The van der Waals surface area contributed by atoms with Gasteiger partial charge < -0.3 is 0 Å². The SMILES string of the molecule is [2H]c1c(Cl)nc(C([2H])(F)F)c([2H])c1Cl. The van der Waals surface area contributed by atoms with Gasteiger partial charge in [-0.05, 0) is 12.1 Å². The van der Waals surface area contributed by atoms with Gasteiger partial charge in [-0.25, -0.2) is 13.8 Å².